The molecule has 2 aromatic carbocycles. The molecule has 2 aliphatic rings. The molecule has 0 radical (unpaired) electrons. The summed E-state index contributed by atoms with van der Waals surface area (Å²) in [6, 6.07) is 13.6. The van der Waals surface area contributed by atoms with Gasteiger partial charge in [-0.3, -0.25) is 14.6 Å². The van der Waals surface area contributed by atoms with E-state index in [1.54, 1.807) is 6.07 Å². The number of ether oxygens (including phenoxy) is 1. The van der Waals surface area contributed by atoms with Crippen LogP contribution in [0.5, 0.6) is 5.88 Å². The van der Waals surface area contributed by atoms with Crippen LogP contribution in [0.3, 0.4) is 0 Å². The van der Waals surface area contributed by atoms with Crippen molar-refractivity contribution in [3.63, 3.8) is 0 Å². The maximum atomic E-state index is 13.4. The minimum atomic E-state index is -4.17. The zero-order valence-corrected chi connectivity index (χ0v) is 29.6. The molecule has 1 aliphatic carbocycles. The van der Waals surface area contributed by atoms with Gasteiger partial charge in [0.05, 0.1) is 17.1 Å². The number of aromatic nitrogens is 2. The SMILES string of the molecule is Cc1cccc(C)c1-c1cc(OC[C@@H](CC(C)C)N(C)C2CC3(CCN(CC(F)(F)F)CC3)C2)nc(NS(=O)(=O)c2cccc(C=O)c2)n1. The van der Waals surface area contributed by atoms with E-state index in [2.05, 4.69) is 40.5 Å². The van der Waals surface area contributed by atoms with E-state index in [1.807, 2.05) is 32.0 Å². The molecule has 49 heavy (non-hydrogen) atoms. The standard InChI is InChI=1S/C36H46F3N5O4S/c1-24(2)16-28(43(5)29-19-35(20-29)12-14-44(15-13-35)23-36(37,38)39)22-48-32-18-31(33-25(3)8-6-9-26(33)4)40-34(41-32)42-49(46,47)30-11-7-10-27(17-30)21-45/h6-11,17-18,21,24,28-29H,12-16,19-20,22-23H2,1-5H3,(H,40,41,42)/t28-/m1/s1. The van der Waals surface area contributed by atoms with E-state index < -0.39 is 22.7 Å². The van der Waals surface area contributed by atoms with Gasteiger partial charge in [0.2, 0.25) is 11.8 Å². The number of nitrogens with zero attached hydrogens (tertiary/aromatic N) is 4. The van der Waals surface area contributed by atoms with Crippen LogP contribution in [0.1, 0.15) is 67.4 Å². The summed E-state index contributed by atoms with van der Waals surface area (Å²) in [5.41, 5.74) is 3.58. The Balaban J connectivity index is 1.34. The van der Waals surface area contributed by atoms with Crippen LogP contribution in [0, 0.1) is 25.2 Å². The molecule has 0 bridgehead atoms. The number of likely N-dealkylation sites (tertiary alicyclic amines) is 1. The number of sulfonamides is 1. The molecule has 2 fully saturated rings. The van der Waals surface area contributed by atoms with E-state index in [-0.39, 0.29) is 33.7 Å². The highest BCUT2D eigenvalue weighted by Gasteiger charge is 2.49. The Morgan fingerprint density at radius 1 is 1.06 bits per heavy atom. The molecule has 1 saturated heterocycles. The third kappa shape index (κ3) is 9.17. The first-order valence-corrected chi connectivity index (χ1v) is 18.2. The molecule has 5 rings (SSSR count). The summed E-state index contributed by atoms with van der Waals surface area (Å²) in [4.78, 5) is 24.1. The van der Waals surface area contributed by atoms with Crippen LogP contribution in [-0.2, 0) is 10.0 Å². The second-order valence-corrected chi connectivity index (χ2v) is 15.9. The number of nitrogens with one attached hydrogen (secondary N) is 1. The number of anilines is 1. The van der Waals surface area contributed by atoms with Gasteiger partial charge in [0.1, 0.15) is 12.9 Å². The summed E-state index contributed by atoms with van der Waals surface area (Å²) in [5, 5.41) is 0. The van der Waals surface area contributed by atoms with E-state index in [9.17, 15) is 26.4 Å². The Morgan fingerprint density at radius 3 is 2.33 bits per heavy atom. The normalized spacial score (nSPS) is 17.7. The summed E-state index contributed by atoms with van der Waals surface area (Å²) in [6.07, 6.45) is 0.698. The average molecular weight is 702 g/mol. The van der Waals surface area contributed by atoms with Crippen LogP contribution < -0.4 is 9.46 Å². The molecule has 2 heterocycles. The molecule has 1 atom stereocenters. The fourth-order valence-electron chi connectivity index (χ4n) is 7.28. The van der Waals surface area contributed by atoms with E-state index in [1.165, 1.54) is 29.2 Å². The number of likely N-dealkylation sites (N-methyl/N-ethyl adjacent to an activating group) is 1. The third-order valence-electron chi connectivity index (χ3n) is 9.95. The highest BCUT2D eigenvalue weighted by atomic mass is 32.2. The van der Waals surface area contributed by atoms with E-state index >= 15 is 0 Å². The lowest BCUT2D eigenvalue weighted by Crippen LogP contribution is -2.57. The smallest absolute Gasteiger partial charge is 0.401 e. The Morgan fingerprint density at radius 2 is 1.71 bits per heavy atom. The van der Waals surface area contributed by atoms with Gasteiger partial charge in [-0.25, -0.2) is 18.1 Å². The van der Waals surface area contributed by atoms with Crippen LogP contribution >= 0.6 is 0 Å². The lowest BCUT2D eigenvalue weighted by molar-refractivity contribution is -0.155. The number of halogens is 3. The number of hydrogen-bond acceptors (Lipinski definition) is 8. The van der Waals surface area contributed by atoms with Crippen molar-refractivity contribution in [1.29, 1.82) is 0 Å². The van der Waals surface area contributed by atoms with Gasteiger partial charge in [-0.05, 0) is 101 Å². The van der Waals surface area contributed by atoms with Crippen LogP contribution in [0.2, 0.25) is 0 Å². The van der Waals surface area contributed by atoms with Gasteiger partial charge in [-0.1, -0.05) is 44.2 Å². The molecule has 1 aliphatic heterocycles. The Labute approximate surface area is 287 Å². The summed E-state index contributed by atoms with van der Waals surface area (Å²) in [6.45, 7) is 8.61. The number of alkyl halides is 3. The molecule has 0 unspecified atom stereocenters. The number of aryl methyl sites for hydroxylation is 2. The first-order valence-electron chi connectivity index (χ1n) is 16.7. The first kappa shape index (κ1) is 36.7. The van der Waals surface area contributed by atoms with E-state index in [0.29, 0.717) is 43.6 Å². The highest BCUT2D eigenvalue weighted by molar-refractivity contribution is 7.92. The average Bonchev–Trinajstić information content (AvgIpc) is 3.01. The molecule has 0 amide bonds. The number of piperidine rings is 1. The van der Waals surface area contributed by atoms with E-state index in [4.69, 9.17) is 4.74 Å². The lowest BCUT2D eigenvalue weighted by atomic mass is 9.60. The zero-order chi connectivity index (χ0) is 35.6. The summed E-state index contributed by atoms with van der Waals surface area (Å²) in [7, 11) is -2.05. The topological polar surface area (TPSA) is 105 Å². The predicted molar refractivity (Wildman–Crippen MR) is 183 cm³/mol. The number of carbonyl (C=O) groups excluding carboxylic acids is 1. The van der Waals surface area contributed by atoms with Gasteiger partial charge < -0.3 is 4.74 Å². The Hall–Kier alpha value is -3.55. The molecule has 9 nitrogen and oxygen atoms in total. The molecule has 1 saturated carbocycles. The Kier molecular flexibility index (Phi) is 11.0. The molecule has 3 aromatic rings. The molecule has 1 spiro atoms. The third-order valence-corrected chi connectivity index (χ3v) is 11.3. The van der Waals surface area contributed by atoms with Crippen molar-refractivity contribution >= 4 is 22.3 Å². The van der Waals surface area contributed by atoms with Crippen molar-refractivity contribution in [2.75, 3.05) is 38.0 Å². The van der Waals surface area contributed by atoms with Crippen molar-refractivity contribution in [2.24, 2.45) is 11.3 Å². The number of aldehydes is 1. The maximum Gasteiger partial charge on any atom is 0.401 e. The number of benzene rings is 2. The van der Waals surface area contributed by atoms with Crippen LogP contribution in [0.15, 0.2) is 53.4 Å². The monoisotopic (exact) mass is 701 g/mol. The first-order chi connectivity index (χ1) is 23.1. The van der Waals surface area contributed by atoms with Gasteiger partial charge in [0.15, 0.2) is 0 Å². The van der Waals surface area contributed by atoms with E-state index in [0.717, 1.165) is 48.8 Å². The second kappa shape index (κ2) is 14.7. The van der Waals surface area contributed by atoms with Crippen molar-refractivity contribution in [2.45, 2.75) is 83.0 Å². The van der Waals surface area contributed by atoms with Gasteiger partial charge in [-0.2, -0.15) is 18.2 Å². The fourth-order valence-corrected chi connectivity index (χ4v) is 8.27. The summed E-state index contributed by atoms with van der Waals surface area (Å²) < 4.78 is 74.3. The van der Waals surface area contributed by atoms with Crippen LogP contribution in [0.4, 0.5) is 19.1 Å². The molecule has 1 aromatic heterocycles. The van der Waals surface area contributed by atoms with Gasteiger partial charge >= 0.3 is 6.18 Å². The largest absolute Gasteiger partial charge is 0.476 e. The lowest BCUT2D eigenvalue weighted by Gasteiger charge is -2.56. The minimum Gasteiger partial charge on any atom is -0.476 e. The predicted octanol–water partition coefficient (Wildman–Crippen LogP) is 6.91. The minimum absolute atomic E-state index is 0.0255. The molecule has 266 valence electrons. The Bertz CT molecular complexity index is 1710. The van der Waals surface area contributed by atoms with Crippen LogP contribution in [0.25, 0.3) is 11.3 Å². The molecule has 13 heteroatoms. The quantitative estimate of drug-likeness (QED) is 0.192. The van der Waals surface area contributed by atoms with Crippen molar-refractivity contribution in [3.8, 4) is 17.1 Å². The summed E-state index contributed by atoms with van der Waals surface area (Å²) in [5.74, 6) is 0.435. The maximum absolute atomic E-state index is 13.4. The fraction of sp³-hybridized carbons (Fsp3) is 0.528. The number of rotatable bonds is 13. The highest BCUT2D eigenvalue weighted by Crippen LogP contribution is 2.51. The molecular formula is C36H46F3N5O4S. The number of hydrogen-bond donors (Lipinski definition) is 1. The van der Waals surface area contributed by atoms with Gasteiger partial charge in [0.25, 0.3) is 10.0 Å². The second-order valence-electron chi connectivity index (χ2n) is 14.2. The van der Waals surface area contributed by atoms with Crippen molar-refractivity contribution in [3.05, 3.63) is 65.2 Å². The van der Waals surface area contributed by atoms with Crippen molar-refractivity contribution < 1.29 is 31.1 Å². The van der Waals surface area contributed by atoms with Gasteiger partial charge in [0, 0.05) is 29.3 Å². The molecule has 1 N–H and O–H groups in total. The number of carbonyl (C=O) groups is 1. The van der Waals surface area contributed by atoms with Crippen molar-refractivity contribution in [1.82, 2.24) is 19.8 Å². The zero-order valence-electron chi connectivity index (χ0n) is 28.8. The van der Waals surface area contributed by atoms with Gasteiger partial charge in [-0.15, -0.1) is 0 Å². The van der Waals surface area contributed by atoms with Crippen LogP contribution in [-0.4, -0.2) is 86.0 Å². The molecular weight excluding hydrogens is 655 g/mol. The summed E-state index contributed by atoms with van der Waals surface area (Å²) >= 11 is 0.